The first-order valence-electron chi connectivity index (χ1n) is 10.0. The van der Waals surface area contributed by atoms with E-state index in [4.69, 9.17) is 0 Å². The summed E-state index contributed by atoms with van der Waals surface area (Å²) in [6.07, 6.45) is 9.57. The normalized spacial score (nSPS) is 17.6. The van der Waals surface area contributed by atoms with Crippen molar-refractivity contribution in [2.45, 2.75) is 38.3 Å². The zero-order chi connectivity index (χ0) is 19.2. The summed E-state index contributed by atoms with van der Waals surface area (Å²) in [6, 6.07) is 5.91. The Kier molecular flexibility index (Phi) is 5.84. The minimum atomic E-state index is -0.117. The number of rotatable bonds is 5. The molecule has 2 aromatic heterocycles. The van der Waals surface area contributed by atoms with Gasteiger partial charge in [0.25, 0.3) is 0 Å². The van der Waals surface area contributed by atoms with Crippen molar-refractivity contribution >= 4 is 17.8 Å². The molecule has 0 atom stereocenters. The summed E-state index contributed by atoms with van der Waals surface area (Å²) in [6.45, 7) is 4.33. The number of nitrogens with zero attached hydrogens (tertiary/aromatic N) is 5. The number of carbonyl (C=O) groups is 1. The molecule has 0 bridgehead atoms. The molecule has 2 aromatic rings. The van der Waals surface area contributed by atoms with E-state index < -0.39 is 0 Å². The number of nitrogens with one attached hydrogen (secondary N) is 2. The molecule has 148 valence electrons. The van der Waals surface area contributed by atoms with Crippen molar-refractivity contribution in [2.24, 2.45) is 0 Å². The molecule has 0 aromatic carbocycles. The van der Waals surface area contributed by atoms with Crippen LogP contribution in [0, 0.1) is 0 Å². The van der Waals surface area contributed by atoms with Crippen LogP contribution >= 0.6 is 0 Å². The van der Waals surface area contributed by atoms with Crippen LogP contribution in [0.2, 0.25) is 0 Å². The lowest BCUT2D eigenvalue weighted by atomic mass is 10.1. The first-order chi connectivity index (χ1) is 13.8. The molecule has 4 rings (SSSR count). The Balaban J connectivity index is 1.22. The van der Waals surface area contributed by atoms with Crippen LogP contribution in [-0.4, -0.2) is 53.2 Å². The molecule has 8 nitrogen and oxygen atoms in total. The smallest absolute Gasteiger partial charge is 0.315 e. The predicted molar refractivity (Wildman–Crippen MR) is 108 cm³/mol. The van der Waals surface area contributed by atoms with Crippen molar-refractivity contribution < 1.29 is 4.79 Å². The molecule has 2 aliphatic heterocycles. The number of hydrogen-bond donors (Lipinski definition) is 2. The van der Waals surface area contributed by atoms with Gasteiger partial charge in [-0.1, -0.05) is 0 Å². The third-order valence-corrected chi connectivity index (χ3v) is 5.36. The lowest BCUT2D eigenvalue weighted by Gasteiger charge is -2.32. The summed E-state index contributed by atoms with van der Waals surface area (Å²) in [5, 5.41) is 6.06. The second kappa shape index (κ2) is 8.86. The van der Waals surface area contributed by atoms with E-state index in [2.05, 4.69) is 41.5 Å². The molecule has 2 aliphatic rings. The minimum absolute atomic E-state index is 0.117. The number of piperidine rings is 1. The summed E-state index contributed by atoms with van der Waals surface area (Å²) in [7, 11) is 0. The fraction of sp³-hybridized carbons (Fsp3) is 0.500. The van der Waals surface area contributed by atoms with Crippen LogP contribution < -0.4 is 20.4 Å². The molecule has 0 spiro atoms. The molecular weight excluding hydrogens is 354 g/mol. The zero-order valence-electron chi connectivity index (χ0n) is 16.0. The summed E-state index contributed by atoms with van der Waals surface area (Å²) >= 11 is 0. The highest BCUT2D eigenvalue weighted by molar-refractivity contribution is 5.74. The maximum atomic E-state index is 12.3. The standard InChI is InChI=1S/C20H27N7O/c28-20(24-15-16-4-9-21-18(14-16)26-10-1-2-11-26)25-17-5-12-27(13-6-17)19-22-7-3-8-23-19/h3-4,7-9,14,17H,1-2,5-6,10-13,15H2,(H2,24,25,28). The van der Waals surface area contributed by atoms with Gasteiger partial charge in [-0.05, 0) is 49.4 Å². The highest BCUT2D eigenvalue weighted by Crippen LogP contribution is 2.18. The van der Waals surface area contributed by atoms with Gasteiger partial charge in [0.05, 0.1) is 0 Å². The summed E-state index contributed by atoms with van der Waals surface area (Å²) < 4.78 is 0. The number of aromatic nitrogens is 3. The Morgan fingerprint density at radius 3 is 2.50 bits per heavy atom. The van der Waals surface area contributed by atoms with Gasteiger partial charge in [0.2, 0.25) is 5.95 Å². The van der Waals surface area contributed by atoms with Crippen LogP contribution in [0.1, 0.15) is 31.2 Å². The van der Waals surface area contributed by atoms with Gasteiger partial charge >= 0.3 is 6.03 Å². The summed E-state index contributed by atoms with van der Waals surface area (Å²) in [5.41, 5.74) is 1.07. The molecule has 2 amide bonds. The number of amides is 2. The monoisotopic (exact) mass is 381 g/mol. The quantitative estimate of drug-likeness (QED) is 0.823. The van der Waals surface area contributed by atoms with Crippen molar-refractivity contribution in [3.8, 4) is 0 Å². The van der Waals surface area contributed by atoms with E-state index in [1.54, 1.807) is 12.4 Å². The van der Waals surface area contributed by atoms with E-state index >= 15 is 0 Å². The van der Waals surface area contributed by atoms with E-state index in [0.717, 1.165) is 56.4 Å². The number of pyridine rings is 1. The maximum absolute atomic E-state index is 12.3. The van der Waals surface area contributed by atoms with Gasteiger partial charge in [-0.15, -0.1) is 0 Å². The van der Waals surface area contributed by atoms with E-state index in [9.17, 15) is 4.79 Å². The number of carbonyl (C=O) groups excluding carboxylic acids is 1. The highest BCUT2D eigenvalue weighted by atomic mass is 16.2. The van der Waals surface area contributed by atoms with Gasteiger partial charge in [-0.2, -0.15) is 0 Å². The average Bonchev–Trinajstić information content (AvgIpc) is 3.29. The molecule has 28 heavy (non-hydrogen) atoms. The SMILES string of the molecule is O=C(NCc1ccnc(N2CCCC2)c1)NC1CCN(c2ncccn2)CC1. The lowest BCUT2D eigenvalue weighted by Crippen LogP contribution is -2.48. The Morgan fingerprint density at radius 2 is 1.75 bits per heavy atom. The van der Waals surface area contributed by atoms with Crippen LogP contribution in [0.25, 0.3) is 0 Å². The van der Waals surface area contributed by atoms with Crippen LogP contribution in [0.5, 0.6) is 0 Å². The van der Waals surface area contributed by atoms with Crippen molar-refractivity contribution in [3.05, 3.63) is 42.4 Å². The topological polar surface area (TPSA) is 86.3 Å². The van der Waals surface area contributed by atoms with Crippen LogP contribution in [0.4, 0.5) is 16.6 Å². The number of anilines is 2. The van der Waals surface area contributed by atoms with E-state index in [0.29, 0.717) is 6.54 Å². The fourth-order valence-corrected chi connectivity index (χ4v) is 3.79. The second-order valence-corrected chi connectivity index (χ2v) is 7.35. The lowest BCUT2D eigenvalue weighted by molar-refractivity contribution is 0.234. The first kappa shape index (κ1) is 18.5. The minimum Gasteiger partial charge on any atom is -0.357 e. The molecule has 8 heteroatoms. The molecule has 0 radical (unpaired) electrons. The second-order valence-electron chi connectivity index (χ2n) is 7.35. The van der Waals surface area contributed by atoms with E-state index in [1.807, 2.05) is 18.3 Å². The van der Waals surface area contributed by atoms with Crippen molar-refractivity contribution in [1.29, 1.82) is 0 Å². The molecule has 2 fully saturated rings. The molecule has 2 N–H and O–H groups in total. The molecule has 0 saturated carbocycles. The molecular formula is C20H27N7O. The first-order valence-corrected chi connectivity index (χ1v) is 10.0. The van der Waals surface area contributed by atoms with Gasteiger partial charge in [0.15, 0.2) is 0 Å². The van der Waals surface area contributed by atoms with Crippen molar-refractivity contribution in [2.75, 3.05) is 36.0 Å². The van der Waals surface area contributed by atoms with Gasteiger partial charge in [-0.25, -0.2) is 19.7 Å². The molecule has 0 unspecified atom stereocenters. The van der Waals surface area contributed by atoms with Crippen LogP contribution in [0.3, 0.4) is 0 Å². The van der Waals surface area contributed by atoms with Crippen molar-refractivity contribution in [1.82, 2.24) is 25.6 Å². The molecule has 0 aliphatic carbocycles. The predicted octanol–water partition coefficient (Wildman–Crippen LogP) is 1.94. The van der Waals surface area contributed by atoms with Crippen LogP contribution in [0.15, 0.2) is 36.8 Å². The third kappa shape index (κ3) is 4.68. The summed E-state index contributed by atoms with van der Waals surface area (Å²) in [4.78, 5) is 29.8. The Bertz CT molecular complexity index is 771. The zero-order valence-corrected chi connectivity index (χ0v) is 16.0. The van der Waals surface area contributed by atoms with Gasteiger partial charge in [-0.3, -0.25) is 0 Å². The third-order valence-electron chi connectivity index (χ3n) is 5.36. The maximum Gasteiger partial charge on any atom is 0.315 e. The number of urea groups is 1. The van der Waals surface area contributed by atoms with Crippen LogP contribution in [-0.2, 0) is 6.54 Å². The number of hydrogen-bond acceptors (Lipinski definition) is 6. The molecule has 4 heterocycles. The fourth-order valence-electron chi connectivity index (χ4n) is 3.79. The Morgan fingerprint density at radius 1 is 1.00 bits per heavy atom. The van der Waals surface area contributed by atoms with Gasteiger partial charge in [0, 0.05) is 57.4 Å². The van der Waals surface area contributed by atoms with E-state index in [-0.39, 0.29) is 12.1 Å². The van der Waals surface area contributed by atoms with Gasteiger partial charge < -0.3 is 20.4 Å². The van der Waals surface area contributed by atoms with Crippen molar-refractivity contribution in [3.63, 3.8) is 0 Å². The van der Waals surface area contributed by atoms with Gasteiger partial charge in [0.1, 0.15) is 5.82 Å². The Hall–Kier alpha value is -2.90. The Labute approximate surface area is 165 Å². The molecule has 2 saturated heterocycles. The highest BCUT2D eigenvalue weighted by Gasteiger charge is 2.22. The van der Waals surface area contributed by atoms with E-state index in [1.165, 1.54) is 12.8 Å². The summed E-state index contributed by atoms with van der Waals surface area (Å²) in [5.74, 6) is 1.77. The largest absolute Gasteiger partial charge is 0.357 e. The average molecular weight is 381 g/mol.